The molecule has 1 aliphatic rings. The van der Waals surface area contributed by atoms with Crippen molar-refractivity contribution < 1.29 is 24.1 Å². The van der Waals surface area contributed by atoms with Crippen LogP contribution in [0.5, 0.6) is 0 Å². The van der Waals surface area contributed by atoms with Gasteiger partial charge in [0.25, 0.3) is 11.6 Å². The highest BCUT2D eigenvalue weighted by Crippen LogP contribution is 2.20. The maximum atomic E-state index is 12.7. The summed E-state index contributed by atoms with van der Waals surface area (Å²) in [6.45, 7) is 1.52. The van der Waals surface area contributed by atoms with Crippen molar-refractivity contribution in [1.82, 2.24) is 25.2 Å². The zero-order chi connectivity index (χ0) is 25.8. The van der Waals surface area contributed by atoms with Gasteiger partial charge in [0.1, 0.15) is 0 Å². The molecule has 5 amide bonds. The number of anilines is 2. The number of nitro benzene ring substituents is 1. The Hall–Kier alpha value is -5.14. The fraction of sp³-hybridized carbons (Fsp3) is 0.182. The summed E-state index contributed by atoms with van der Waals surface area (Å²) in [5.41, 5.74) is 1.60. The third-order valence-electron chi connectivity index (χ3n) is 5.32. The summed E-state index contributed by atoms with van der Waals surface area (Å²) in [7, 11) is 0. The number of imide groups is 1. The Kier molecular flexibility index (Phi) is 6.67. The van der Waals surface area contributed by atoms with Gasteiger partial charge in [-0.1, -0.05) is 11.3 Å². The SMILES string of the molecule is Cc1c(C(=O)Nc2ccc(NC(=O)CCN3C(=O)CNC3=O)cc2)nnn1-c1cccc([N+](=O)[O-])c1. The lowest BCUT2D eigenvalue weighted by atomic mass is 10.2. The van der Waals surface area contributed by atoms with Gasteiger partial charge in [0.15, 0.2) is 5.69 Å². The molecule has 0 bridgehead atoms. The maximum Gasteiger partial charge on any atom is 0.324 e. The van der Waals surface area contributed by atoms with Crippen LogP contribution in [0.4, 0.5) is 21.9 Å². The van der Waals surface area contributed by atoms with E-state index in [1.54, 1.807) is 37.3 Å². The second-order valence-electron chi connectivity index (χ2n) is 7.75. The van der Waals surface area contributed by atoms with E-state index in [-0.39, 0.29) is 42.7 Å². The summed E-state index contributed by atoms with van der Waals surface area (Å²) in [4.78, 5) is 59.4. The maximum absolute atomic E-state index is 12.7. The molecule has 14 heteroatoms. The average molecular weight is 492 g/mol. The van der Waals surface area contributed by atoms with E-state index in [1.807, 2.05) is 0 Å². The van der Waals surface area contributed by atoms with E-state index < -0.39 is 16.9 Å². The third-order valence-corrected chi connectivity index (χ3v) is 5.32. The molecular weight excluding hydrogens is 472 g/mol. The van der Waals surface area contributed by atoms with Gasteiger partial charge in [-0.25, -0.2) is 9.48 Å². The van der Waals surface area contributed by atoms with Gasteiger partial charge in [0.2, 0.25) is 11.8 Å². The number of nitrogens with zero attached hydrogens (tertiary/aromatic N) is 5. The summed E-state index contributed by atoms with van der Waals surface area (Å²) in [5.74, 6) is -1.30. The van der Waals surface area contributed by atoms with Crippen LogP contribution in [0.1, 0.15) is 22.6 Å². The van der Waals surface area contributed by atoms with Gasteiger partial charge in [-0.2, -0.15) is 0 Å². The van der Waals surface area contributed by atoms with Gasteiger partial charge < -0.3 is 16.0 Å². The van der Waals surface area contributed by atoms with Crippen LogP contribution in [0.2, 0.25) is 0 Å². The zero-order valence-electron chi connectivity index (χ0n) is 18.9. The Labute approximate surface area is 203 Å². The molecule has 14 nitrogen and oxygen atoms in total. The number of benzene rings is 2. The molecule has 1 saturated heterocycles. The number of rotatable bonds is 8. The normalized spacial score (nSPS) is 12.9. The summed E-state index contributed by atoms with van der Waals surface area (Å²) < 4.78 is 1.33. The van der Waals surface area contributed by atoms with Crippen LogP contribution in [-0.4, -0.2) is 61.7 Å². The number of carbonyl (C=O) groups excluding carboxylic acids is 4. The van der Waals surface area contributed by atoms with Crippen molar-refractivity contribution in [3.63, 3.8) is 0 Å². The van der Waals surface area contributed by atoms with E-state index in [0.717, 1.165) is 4.90 Å². The number of hydrogen-bond donors (Lipinski definition) is 3. The smallest absolute Gasteiger partial charge is 0.324 e. The quantitative estimate of drug-likeness (QED) is 0.241. The number of nitrogens with one attached hydrogen (secondary N) is 3. The highest BCUT2D eigenvalue weighted by molar-refractivity contribution is 6.04. The fourth-order valence-corrected chi connectivity index (χ4v) is 3.47. The molecule has 3 N–H and O–H groups in total. The first-order valence-corrected chi connectivity index (χ1v) is 10.7. The number of aromatic nitrogens is 3. The predicted molar refractivity (Wildman–Crippen MR) is 126 cm³/mol. The van der Waals surface area contributed by atoms with Crippen molar-refractivity contribution in [3.05, 3.63) is 70.0 Å². The monoisotopic (exact) mass is 492 g/mol. The van der Waals surface area contributed by atoms with Crippen molar-refractivity contribution >= 4 is 40.8 Å². The number of carbonyl (C=O) groups is 4. The van der Waals surface area contributed by atoms with E-state index in [4.69, 9.17) is 0 Å². The molecule has 0 aliphatic carbocycles. The minimum Gasteiger partial charge on any atom is -0.329 e. The first kappa shape index (κ1) is 24.0. The second kappa shape index (κ2) is 10.0. The van der Waals surface area contributed by atoms with Gasteiger partial charge in [-0.15, -0.1) is 5.10 Å². The lowest BCUT2D eigenvalue weighted by Crippen LogP contribution is -2.33. The zero-order valence-corrected chi connectivity index (χ0v) is 18.9. The first-order chi connectivity index (χ1) is 17.2. The van der Waals surface area contributed by atoms with Crippen molar-refractivity contribution in [2.24, 2.45) is 0 Å². The third kappa shape index (κ3) is 5.16. The largest absolute Gasteiger partial charge is 0.329 e. The van der Waals surface area contributed by atoms with Crippen LogP contribution in [0.25, 0.3) is 5.69 Å². The molecule has 0 spiro atoms. The topological polar surface area (TPSA) is 181 Å². The van der Waals surface area contributed by atoms with E-state index in [9.17, 15) is 29.3 Å². The second-order valence-corrected chi connectivity index (χ2v) is 7.75. The summed E-state index contributed by atoms with van der Waals surface area (Å²) >= 11 is 0. The number of non-ortho nitro benzene ring substituents is 1. The fourth-order valence-electron chi connectivity index (χ4n) is 3.47. The number of nitro groups is 1. The van der Waals surface area contributed by atoms with Gasteiger partial charge in [-0.3, -0.25) is 29.4 Å². The lowest BCUT2D eigenvalue weighted by Gasteiger charge is -2.12. The summed E-state index contributed by atoms with van der Waals surface area (Å²) in [5, 5.41) is 26.6. The molecule has 0 saturated carbocycles. The highest BCUT2D eigenvalue weighted by atomic mass is 16.6. The minimum atomic E-state index is -0.533. The van der Waals surface area contributed by atoms with Crippen molar-refractivity contribution in [2.45, 2.75) is 13.3 Å². The first-order valence-electron chi connectivity index (χ1n) is 10.7. The predicted octanol–water partition coefficient (Wildman–Crippen LogP) is 1.62. The van der Waals surface area contributed by atoms with Crippen LogP contribution in [0.3, 0.4) is 0 Å². The molecule has 0 unspecified atom stereocenters. The van der Waals surface area contributed by atoms with Crippen LogP contribution in [0.15, 0.2) is 48.5 Å². The summed E-state index contributed by atoms with van der Waals surface area (Å²) in [6, 6.07) is 11.6. The van der Waals surface area contributed by atoms with Crippen LogP contribution >= 0.6 is 0 Å². The molecule has 1 aliphatic heterocycles. The number of amides is 5. The molecule has 4 rings (SSSR count). The highest BCUT2D eigenvalue weighted by Gasteiger charge is 2.28. The molecule has 2 heterocycles. The molecule has 0 radical (unpaired) electrons. The standard InChI is InChI=1S/C22H20N8O6/c1-13-20(26-27-29(13)16-3-2-4-17(11-16)30(35)36)21(33)25-15-7-5-14(6-8-15)24-18(31)9-10-28-19(32)12-23-22(28)34/h2-8,11H,9-10,12H2,1H3,(H,23,34)(H,24,31)(H,25,33). The van der Waals surface area contributed by atoms with E-state index in [2.05, 4.69) is 26.3 Å². The van der Waals surface area contributed by atoms with Crippen LogP contribution < -0.4 is 16.0 Å². The van der Waals surface area contributed by atoms with Crippen LogP contribution in [0, 0.1) is 17.0 Å². The Morgan fingerprint density at radius 3 is 2.44 bits per heavy atom. The minimum absolute atomic E-state index is 0.0268. The Morgan fingerprint density at radius 1 is 1.11 bits per heavy atom. The molecular formula is C22H20N8O6. The number of urea groups is 1. The Morgan fingerprint density at radius 2 is 1.81 bits per heavy atom. The average Bonchev–Trinajstić information content (AvgIpc) is 3.40. The van der Waals surface area contributed by atoms with Crippen molar-refractivity contribution in [3.8, 4) is 5.69 Å². The van der Waals surface area contributed by atoms with Gasteiger partial charge >= 0.3 is 6.03 Å². The molecule has 0 atom stereocenters. The van der Waals surface area contributed by atoms with Gasteiger partial charge in [-0.05, 0) is 37.3 Å². The molecule has 1 aromatic heterocycles. The van der Waals surface area contributed by atoms with Gasteiger partial charge in [0, 0.05) is 36.5 Å². The van der Waals surface area contributed by atoms with Crippen LogP contribution in [-0.2, 0) is 9.59 Å². The molecule has 3 aromatic rings. The Bertz CT molecular complexity index is 1350. The van der Waals surface area contributed by atoms with Crippen molar-refractivity contribution in [1.29, 1.82) is 0 Å². The van der Waals surface area contributed by atoms with Crippen molar-refractivity contribution in [2.75, 3.05) is 23.7 Å². The van der Waals surface area contributed by atoms with E-state index >= 15 is 0 Å². The number of hydrogen-bond acceptors (Lipinski definition) is 8. The lowest BCUT2D eigenvalue weighted by molar-refractivity contribution is -0.384. The Balaban J connectivity index is 1.35. The summed E-state index contributed by atoms with van der Waals surface area (Å²) in [6.07, 6.45) is -0.0584. The molecule has 184 valence electrons. The van der Waals surface area contributed by atoms with E-state index in [1.165, 1.54) is 22.9 Å². The van der Waals surface area contributed by atoms with E-state index in [0.29, 0.717) is 22.8 Å². The molecule has 36 heavy (non-hydrogen) atoms. The van der Waals surface area contributed by atoms with Gasteiger partial charge in [0.05, 0.1) is 22.8 Å². The molecule has 1 fully saturated rings. The molecule has 2 aromatic carbocycles.